The molecule has 0 fully saturated rings. The first-order chi connectivity index (χ1) is 28.0. The quantitative estimate of drug-likeness (QED) is 0.165. The summed E-state index contributed by atoms with van der Waals surface area (Å²) in [5.41, 5.74) is 17.2. The van der Waals surface area contributed by atoms with Gasteiger partial charge >= 0.3 is 0 Å². The minimum atomic E-state index is -0.115. The van der Waals surface area contributed by atoms with Gasteiger partial charge in [0.15, 0.2) is 0 Å². The van der Waals surface area contributed by atoms with Crippen molar-refractivity contribution in [3.05, 3.63) is 217 Å². The summed E-state index contributed by atoms with van der Waals surface area (Å²) in [6.45, 7) is 4.73. The summed E-state index contributed by atoms with van der Waals surface area (Å²) in [5.74, 6) is 0. The zero-order valence-electron chi connectivity index (χ0n) is 32.0. The van der Waals surface area contributed by atoms with Gasteiger partial charge in [-0.15, -0.1) is 0 Å². The minimum Gasteiger partial charge on any atom is -0.310 e. The SMILES string of the molecule is CC1(C)c2cc(N(c3ccccc3)c3ccc(-c4ccc(-c5ccc6c(c5)c5ccccc5n6-c5ccccc5)cc4)cc3)ccc2-c2cc3ccccc3cc21. The van der Waals surface area contributed by atoms with E-state index in [1.54, 1.807) is 0 Å². The second-order valence-electron chi connectivity index (χ2n) is 15.8. The van der Waals surface area contributed by atoms with E-state index >= 15 is 0 Å². The lowest BCUT2D eigenvalue weighted by Gasteiger charge is -2.28. The summed E-state index contributed by atoms with van der Waals surface area (Å²) in [7, 11) is 0. The fraction of sp³-hybridized carbons (Fsp3) is 0.0545. The molecule has 0 aliphatic heterocycles. The van der Waals surface area contributed by atoms with Gasteiger partial charge in [-0.05, 0) is 134 Å². The van der Waals surface area contributed by atoms with Gasteiger partial charge < -0.3 is 9.47 Å². The van der Waals surface area contributed by atoms with E-state index in [9.17, 15) is 0 Å². The summed E-state index contributed by atoms with van der Waals surface area (Å²) in [4.78, 5) is 2.38. The first-order valence-electron chi connectivity index (χ1n) is 19.8. The van der Waals surface area contributed by atoms with E-state index in [1.165, 1.54) is 82.8 Å². The van der Waals surface area contributed by atoms with Crippen LogP contribution >= 0.6 is 0 Å². The Kier molecular flexibility index (Phi) is 7.55. The standard InChI is InChI=1S/C55H40N2/c1-55(2)51-35-41-14-10-9-13-40(41)33-49(51)47-31-30-46(36-52(47)55)56(43-15-5-3-6-16-43)45-28-25-38(26-29-45)37-21-23-39(24-22-37)42-27-32-54-50(34-42)48-19-11-12-20-53(48)57(54)44-17-7-4-8-18-44/h3-36H,1-2H3. The normalized spacial score (nSPS) is 12.9. The number of benzene rings is 9. The third-order valence-corrected chi connectivity index (χ3v) is 12.2. The molecule has 10 aromatic rings. The number of hydrogen-bond acceptors (Lipinski definition) is 1. The highest BCUT2D eigenvalue weighted by atomic mass is 15.1. The van der Waals surface area contributed by atoms with E-state index in [0.29, 0.717) is 0 Å². The fourth-order valence-corrected chi connectivity index (χ4v) is 9.24. The van der Waals surface area contributed by atoms with E-state index in [1.807, 2.05) is 0 Å². The molecule has 0 bridgehead atoms. The molecule has 1 aliphatic carbocycles. The van der Waals surface area contributed by atoms with Crippen molar-refractivity contribution in [1.29, 1.82) is 0 Å². The van der Waals surface area contributed by atoms with Gasteiger partial charge in [0.05, 0.1) is 11.0 Å². The first kappa shape index (κ1) is 33.2. The Labute approximate surface area is 333 Å². The Morgan fingerprint density at radius 2 is 0.895 bits per heavy atom. The molecular weight excluding hydrogens is 689 g/mol. The second kappa shape index (κ2) is 13.0. The van der Waals surface area contributed by atoms with Crippen LogP contribution in [0.3, 0.4) is 0 Å². The molecule has 9 aromatic carbocycles. The predicted octanol–water partition coefficient (Wildman–Crippen LogP) is 15.0. The van der Waals surface area contributed by atoms with Crippen LogP contribution in [0, 0.1) is 0 Å². The Morgan fingerprint density at radius 1 is 0.368 bits per heavy atom. The number of aromatic nitrogens is 1. The molecule has 1 aliphatic rings. The van der Waals surface area contributed by atoms with Crippen LogP contribution in [0.25, 0.3) is 71.6 Å². The zero-order chi connectivity index (χ0) is 38.1. The average molecular weight is 729 g/mol. The molecule has 2 heteroatoms. The van der Waals surface area contributed by atoms with E-state index in [2.05, 4.69) is 230 Å². The van der Waals surface area contributed by atoms with Gasteiger partial charge in [0.25, 0.3) is 0 Å². The molecule has 2 nitrogen and oxygen atoms in total. The molecule has 1 aromatic heterocycles. The van der Waals surface area contributed by atoms with Crippen LogP contribution in [0.5, 0.6) is 0 Å². The average Bonchev–Trinajstić information content (AvgIpc) is 3.71. The number of hydrogen-bond donors (Lipinski definition) is 0. The number of anilines is 3. The van der Waals surface area contributed by atoms with Crippen LogP contribution in [-0.4, -0.2) is 4.57 Å². The van der Waals surface area contributed by atoms with Gasteiger partial charge in [-0.25, -0.2) is 0 Å². The van der Waals surface area contributed by atoms with Crippen LogP contribution in [0.2, 0.25) is 0 Å². The summed E-state index contributed by atoms with van der Waals surface area (Å²) >= 11 is 0. The van der Waals surface area contributed by atoms with Crippen molar-refractivity contribution in [3.8, 4) is 39.1 Å². The van der Waals surface area contributed by atoms with E-state index < -0.39 is 0 Å². The number of nitrogens with zero attached hydrogens (tertiary/aromatic N) is 2. The first-order valence-corrected chi connectivity index (χ1v) is 19.8. The molecule has 0 radical (unpaired) electrons. The maximum Gasteiger partial charge on any atom is 0.0541 e. The topological polar surface area (TPSA) is 8.17 Å². The van der Waals surface area contributed by atoms with Gasteiger partial charge in [0.1, 0.15) is 0 Å². The molecule has 0 spiro atoms. The fourth-order valence-electron chi connectivity index (χ4n) is 9.24. The van der Waals surface area contributed by atoms with Gasteiger partial charge in [0, 0.05) is 38.9 Å². The highest BCUT2D eigenvalue weighted by molar-refractivity contribution is 6.10. The molecule has 0 unspecified atom stereocenters. The van der Waals surface area contributed by atoms with Crippen molar-refractivity contribution in [2.24, 2.45) is 0 Å². The van der Waals surface area contributed by atoms with Crippen LogP contribution in [0.4, 0.5) is 17.1 Å². The molecule has 0 saturated heterocycles. The van der Waals surface area contributed by atoms with E-state index in [-0.39, 0.29) is 5.41 Å². The summed E-state index contributed by atoms with van der Waals surface area (Å²) in [6, 6.07) is 75.5. The van der Waals surface area contributed by atoms with E-state index in [0.717, 1.165) is 17.1 Å². The van der Waals surface area contributed by atoms with Gasteiger partial charge in [-0.3, -0.25) is 0 Å². The lowest BCUT2D eigenvalue weighted by Crippen LogP contribution is -2.16. The molecular formula is C55H40N2. The van der Waals surface area contributed by atoms with Crippen molar-refractivity contribution in [3.63, 3.8) is 0 Å². The Bertz CT molecular complexity index is 3120. The second-order valence-corrected chi connectivity index (χ2v) is 15.8. The number of fused-ring (bicyclic) bond motifs is 7. The van der Waals surface area contributed by atoms with Crippen molar-refractivity contribution < 1.29 is 0 Å². The van der Waals surface area contributed by atoms with Gasteiger partial charge in [-0.1, -0.05) is 141 Å². The van der Waals surface area contributed by atoms with Gasteiger partial charge in [0.2, 0.25) is 0 Å². The summed E-state index contributed by atoms with van der Waals surface area (Å²) in [6.07, 6.45) is 0. The minimum absolute atomic E-state index is 0.115. The molecule has 0 atom stereocenters. The predicted molar refractivity (Wildman–Crippen MR) is 241 cm³/mol. The van der Waals surface area contributed by atoms with Crippen LogP contribution in [0.15, 0.2) is 206 Å². The smallest absolute Gasteiger partial charge is 0.0541 e. The molecule has 0 saturated carbocycles. The molecule has 57 heavy (non-hydrogen) atoms. The van der Waals surface area contributed by atoms with Crippen molar-refractivity contribution >= 4 is 49.6 Å². The molecule has 0 N–H and O–H groups in total. The van der Waals surface area contributed by atoms with Crippen LogP contribution < -0.4 is 4.90 Å². The Hall–Kier alpha value is -7.16. The Balaban J connectivity index is 0.920. The highest BCUT2D eigenvalue weighted by Gasteiger charge is 2.36. The van der Waals surface area contributed by atoms with Crippen molar-refractivity contribution in [1.82, 2.24) is 4.57 Å². The highest BCUT2D eigenvalue weighted by Crippen LogP contribution is 2.52. The molecule has 1 heterocycles. The lowest BCUT2D eigenvalue weighted by atomic mass is 9.81. The monoisotopic (exact) mass is 728 g/mol. The lowest BCUT2D eigenvalue weighted by molar-refractivity contribution is 0.661. The maximum atomic E-state index is 2.41. The molecule has 11 rings (SSSR count). The number of para-hydroxylation sites is 3. The third kappa shape index (κ3) is 5.40. The van der Waals surface area contributed by atoms with Gasteiger partial charge in [-0.2, -0.15) is 0 Å². The summed E-state index contributed by atoms with van der Waals surface area (Å²) in [5, 5.41) is 5.11. The summed E-state index contributed by atoms with van der Waals surface area (Å²) < 4.78 is 2.37. The van der Waals surface area contributed by atoms with E-state index in [4.69, 9.17) is 0 Å². The third-order valence-electron chi connectivity index (χ3n) is 12.2. The zero-order valence-corrected chi connectivity index (χ0v) is 32.0. The van der Waals surface area contributed by atoms with Crippen LogP contribution in [-0.2, 0) is 5.41 Å². The Morgan fingerprint density at radius 3 is 1.63 bits per heavy atom. The van der Waals surface area contributed by atoms with Crippen molar-refractivity contribution in [2.45, 2.75) is 19.3 Å². The van der Waals surface area contributed by atoms with Crippen molar-refractivity contribution in [2.75, 3.05) is 4.90 Å². The molecule has 0 amide bonds. The number of rotatable bonds is 6. The van der Waals surface area contributed by atoms with Crippen LogP contribution in [0.1, 0.15) is 25.0 Å². The largest absolute Gasteiger partial charge is 0.310 e. The maximum absolute atomic E-state index is 2.41. The molecule has 270 valence electrons.